The fraction of sp³-hybridized carbons (Fsp3) is 0.0667. The number of nitrogens with one attached hydrogen (secondary N) is 1. The van der Waals surface area contributed by atoms with E-state index in [1.54, 1.807) is 24.3 Å². The van der Waals surface area contributed by atoms with Gasteiger partial charge in [-0.15, -0.1) is 22.7 Å². The lowest BCUT2D eigenvalue weighted by atomic mass is 10.3. The van der Waals surface area contributed by atoms with Gasteiger partial charge in [-0.1, -0.05) is 23.7 Å². The maximum absolute atomic E-state index is 13.8. The van der Waals surface area contributed by atoms with Crippen molar-refractivity contribution in [3.63, 3.8) is 0 Å². The van der Waals surface area contributed by atoms with Crippen molar-refractivity contribution in [2.75, 3.05) is 5.32 Å². The van der Waals surface area contributed by atoms with Gasteiger partial charge in [0.05, 0.1) is 21.3 Å². The van der Waals surface area contributed by atoms with Gasteiger partial charge in [0, 0.05) is 0 Å². The summed E-state index contributed by atoms with van der Waals surface area (Å²) < 4.78 is 13.8. The van der Waals surface area contributed by atoms with Crippen LogP contribution in [0.4, 0.5) is 10.1 Å². The highest BCUT2D eigenvalue weighted by atomic mass is 35.5. The predicted molar refractivity (Wildman–Crippen MR) is 89.5 cm³/mol. The highest BCUT2D eigenvalue weighted by molar-refractivity contribution is 7.22. The molecule has 0 saturated carbocycles. The van der Waals surface area contributed by atoms with Crippen molar-refractivity contribution >= 4 is 45.9 Å². The first-order chi connectivity index (χ1) is 10.6. The maximum Gasteiger partial charge on any atom is 0.267 e. The Labute approximate surface area is 139 Å². The van der Waals surface area contributed by atoms with E-state index in [1.165, 1.54) is 23.5 Å². The van der Waals surface area contributed by atoms with Crippen LogP contribution >= 0.6 is 34.3 Å². The van der Waals surface area contributed by atoms with Gasteiger partial charge >= 0.3 is 0 Å². The topological polar surface area (TPSA) is 42.0 Å². The number of rotatable bonds is 3. The quantitative estimate of drug-likeness (QED) is 0.701. The van der Waals surface area contributed by atoms with Crippen LogP contribution in [0.2, 0.25) is 5.02 Å². The number of thiazole rings is 1. The summed E-state index contributed by atoms with van der Waals surface area (Å²) in [7, 11) is 0. The monoisotopic (exact) mass is 352 g/mol. The molecule has 3 nitrogen and oxygen atoms in total. The Kier molecular flexibility index (Phi) is 4.24. The van der Waals surface area contributed by atoms with Crippen molar-refractivity contribution in [3.05, 3.63) is 57.1 Å². The lowest BCUT2D eigenvalue weighted by molar-refractivity contribution is 0.102. The minimum absolute atomic E-state index is 0.0295. The van der Waals surface area contributed by atoms with Crippen LogP contribution in [0.3, 0.4) is 0 Å². The average molecular weight is 353 g/mol. The van der Waals surface area contributed by atoms with Crippen molar-refractivity contribution in [3.8, 4) is 9.88 Å². The van der Waals surface area contributed by atoms with Gasteiger partial charge < -0.3 is 5.32 Å². The molecule has 0 aliphatic rings. The minimum atomic E-state index is -0.641. The highest BCUT2D eigenvalue weighted by Crippen LogP contribution is 2.32. The molecule has 0 unspecified atom stereocenters. The summed E-state index contributed by atoms with van der Waals surface area (Å²) in [6, 6.07) is 8.35. The fourth-order valence-corrected chi connectivity index (χ4v) is 3.83. The van der Waals surface area contributed by atoms with E-state index in [1.807, 2.05) is 17.5 Å². The second kappa shape index (κ2) is 6.16. The zero-order chi connectivity index (χ0) is 15.7. The molecule has 0 spiro atoms. The molecule has 0 fully saturated rings. The zero-order valence-corrected chi connectivity index (χ0v) is 13.8. The van der Waals surface area contributed by atoms with Gasteiger partial charge in [-0.05, 0) is 30.5 Å². The Morgan fingerprint density at radius 3 is 2.86 bits per heavy atom. The predicted octanol–water partition coefficient (Wildman–Crippen LogP) is 5.22. The van der Waals surface area contributed by atoms with Crippen LogP contribution < -0.4 is 5.32 Å². The molecule has 0 radical (unpaired) electrons. The third-order valence-electron chi connectivity index (χ3n) is 2.93. The van der Waals surface area contributed by atoms with Crippen molar-refractivity contribution in [1.29, 1.82) is 0 Å². The van der Waals surface area contributed by atoms with Crippen molar-refractivity contribution in [2.24, 2.45) is 0 Å². The number of aryl methyl sites for hydroxylation is 1. The molecule has 2 heterocycles. The standard InChI is InChI=1S/C15H10ClFN2OS2/c1-8-13(22-15(18-8)11-6-3-7-21-11)14(20)19-10-5-2-4-9(16)12(10)17/h2-7H,1H3,(H,19,20). The number of hydrogen-bond donors (Lipinski definition) is 1. The summed E-state index contributed by atoms with van der Waals surface area (Å²) in [6.45, 7) is 1.76. The first kappa shape index (κ1) is 15.1. The summed E-state index contributed by atoms with van der Waals surface area (Å²) in [4.78, 5) is 18.2. The number of nitrogens with zero attached hydrogens (tertiary/aromatic N) is 1. The van der Waals surface area contributed by atoms with E-state index in [4.69, 9.17) is 11.6 Å². The van der Waals surface area contributed by atoms with Crippen LogP contribution in [0.1, 0.15) is 15.4 Å². The van der Waals surface area contributed by atoms with Crippen LogP contribution in [-0.4, -0.2) is 10.9 Å². The van der Waals surface area contributed by atoms with Crippen LogP contribution in [0.25, 0.3) is 9.88 Å². The largest absolute Gasteiger partial charge is 0.319 e. The third-order valence-corrected chi connectivity index (χ3v) is 5.42. The normalized spacial score (nSPS) is 10.7. The van der Waals surface area contributed by atoms with E-state index in [-0.39, 0.29) is 16.6 Å². The Morgan fingerprint density at radius 1 is 1.32 bits per heavy atom. The number of thiophene rings is 1. The van der Waals surface area contributed by atoms with Crippen molar-refractivity contribution in [1.82, 2.24) is 4.98 Å². The second-order valence-electron chi connectivity index (χ2n) is 4.47. The van der Waals surface area contributed by atoms with E-state index in [9.17, 15) is 9.18 Å². The lowest BCUT2D eigenvalue weighted by Gasteiger charge is -2.06. The second-order valence-corrected chi connectivity index (χ2v) is 6.82. The van der Waals surface area contributed by atoms with Crippen LogP contribution in [0.15, 0.2) is 35.7 Å². The first-order valence-electron chi connectivity index (χ1n) is 6.33. The maximum atomic E-state index is 13.8. The number of aromatic nitrogens is 1. The Morgan fingerprint density at radius 2 is 2.14 bits per heavy atom. The molecule has 0 saturated heterocycles. The number of anilines is 1. The van der Waals surface area contributed by atoms with E-state index in [0.717, 1.165) is 9.88 Å². The fourth-order valence-electron chi connectivity index (χ4n) is 1.89. The summed E-state index contributed by atoms with van der Waals surface area (Å²) in [6.07, 6.45) is 0. The SMILES string of the molecule is Cc1nc(-c2cccs2)sc1C(=O)Nc1cccc(Cl)c1F. The number of amides is 1. The Bertz CT molecular complexity index is 830. The van der Waals surface area contributed by atoms with Gasteiger partial charge in [0.15, 0.2) is 5.82 Å². The third kappa shape index (κ3) is 2.90. The molecule has 3 rings (SSSR count). The molecule has 1 N–H and O–H groups in total. The van der Waals surface area contributed by atoms with Gasteiger partial charge in [0.25, 0.3) is 5.91 Å². The van der Waals surface area contributed by atoms with Crippen molar-refractivity contribution < 1.29 is 9.18 Å². The first-order valence-corrected chi connectivity index (χ1v) is 8.40. The minimum Gasteiger partial charge on any atom is -0.319 e. The number of carbonyl (C=O) groups excluding carboxylic acids is 1. The highest BCUT2D eigenvalue weighted by Gasteiger charge is 2.18. The van der Waals surface area contributed by atoms with Gasteiger partial charge in [-0.3, -0.25) is 4.79 Å². The summed E-state index contributed by atoms with van der Waals surface area (Å²) >= 11 is 8.55. The van der Waals surface area contributed by atoms with Crippen LogP contribution in [0.5, 0.6) is 0 Å². The van der Waals surface area contributed by atoms with Crippen molar-refractivity contribution in [2.45, 2.75) is 6.92 Å². The Hall–Kier alpha value is -1.76. The van der Waals surface area contributed by atoms with Gasteiger partial charge in [-0.2, -0.15) is 0 Å². The molecule has 0 aliphatic heterocycles. The molecular formula is C15H10ClFN2OS2. The molecular weight excluding hydrogens is 343 g/mol. The van der Waals surface area contributed by atoms with Gasteiger partial charge in [0.1, 0.15) is 9.88 Å². The molecule has 3 aromatic rings. The molecule has 0 aliphatic carbocycles. The number of carbonyl (C=O) groups is 1. The van der Waals surface area contributed by atoms with Crippen LogP contribution in [-0.2, 0) is 0 Å². The molecule has 7 heteroatoms. The molecule has 2 aromatic heterocycles. The van der Waals surface area contributed by atoms with E-state index in [2.05, 4.69) is 10.3 Å². The lowest BCUT2D eigenvalue weighted by Crippen LogP contribution is -2.12. The smallest absolute Gasteiger partial charge is 0.267 e. The average Bonchev–Trinajstić information content (AvgIpc) is 3.13. The van der Waals surface area contributed by atoms with Gasteiger partial charge in [-0.25, -0.2) is 9.37 Å². The number of benzene rings is 1. The molecule has 22 heavy (non-hydrogen) atoms. The molecule has 0 bridgehead atoms. The van der Waals surface area contributed by atoms with E-state index >= 15 is 0 Å². The Balaban J connectivity index is 1.88. The zero-order valence-electron chi connectivity index (χ0n) is 11.4. The van der Waals surface area contributed by atoms with E-state index in [0.29, 0.717) is 10.6 Å². The van der Waals surface area contributed by atoms with Gasteiger partial charge in [0.2, 0.25) is 0 Å². The number of hydrogen-bond acceptors (Lipinski definition) is 4. The van der Waals surface area contributed by atoms with Crippen LogP contribution in [0, 0.1) is 12.7 Å². The summed E-state index contributed by atoms with van der Waals surface area (Å²) in [5, 5.41) is 5.25. The van der Waals surface area contributed by atoms with E-state index < -0.39 is 5.82 Å². The summed E-state index contributed by atoms with van der Waals surface area (Å²) in [5.74, 6) is -1.03. The molecule has 112 valence electrons. The number of halogens is 2. The molecule has 1 amide bonds. The molecule has 0 atom stereocenters. The molecule has 1 aromatic carbocycles. The summed E-state index contributed by atoms with van der Waals surface area (Å²) in [5.41, 5.74) is 0.677.